The SMILES string of the molecule is CC(C)(Oc1ccc(Cl)cc1)C(=O)N1CCC(c2nc3ccccc3[nH]2)CC1. The molecule has 1 fully saturated rings. The number of carbonyl (C=O) groups excluding carboxylic acids is 1. The lowest BCUT2D eigenvalue weighted by Gasteiger charge is -2.36. The van der Waals surface area contributed by atoms with Gasteiger partial charge in [-0.05, 0) is 63.1 Å². The molecular formula is C22H24ClN3O2. The fourth-order valence-corrected chi connectivity index (χ4v) is 3.87. The molecule has 2 heterocycles. The fraction of sp³-hybridized carbons (Fsp3) is 0.364. The molecule has 4 rings (SSSR count). The third-order valence-corrected chi connectivity index (χ3v) is 5.53. The van der Waals surface area contributed by atoms with Crippen molar-refractivity contribution in [3.05, 3.63) is 59.4 Å². The number of hydrogen-bond acceptors (Lipinski definition) is 3. The number of halogens is 1. The first-order valence-corrected chi connectivity index (χ1v) is 9.99. The van der Waals surface area contributed by atoms with Gasteiger partial charge in [-0.15, -0.1) is 0 Å². The molecule has 0 aliphatic carbocycles. The number of hydrogen-bond donors (Lipinski definition) is 1. The Hall–Kier alpha value is -2.53. The van der Waals surface area contributed by atoms with Crippen LogP contribution in [-0.2, 0) is 4.79 Å². The van der Waals surface area contributed by atoms with Crippen LogP contribution < -0.4 is 4.74 Å². The van der Waals surface area contributed by atoms with Gasteiger partial charge in [0.25, 0.3) is 5.91 Å². The van der Waals surface area contributed by atoms with Gasteiger partial charge in [-0.2, -0.15) is 0 Å². The number of ether oxygens (including phenoxy) is 1. The monoisotopic (exact) mass is 397 g/mol. The maximum atomic E-state index is 13.0. The van der Waals surface area contributed by atoms with E-state index in [2.05, 4.69) is 4.98 Å². The van der Waals surface area contributed by atoms with Crippen LogP contribution in [0.1, 0.15) is 38.4 Å². The normalized spacial score (nSPS) is 15.8. The molecule has 1 saturated heterocycles. The molecule has 0 bridgehead atoms. The Labute approximate surface area is 169 Å². The van der Waals surface area contributed by atoms with E-state index in [0.29, 0.717) is 29.8 Å². The van der Waals surface area contributed by atoms with Gasteiger partial charge in [0.05, 0.1) is 11.0 Å². The molecule has 0 saturated carbocycles. The number of likely N-dealkylation sites (tertiary alicyclic amines) is 1. The lowest BCUT2D eigenvalue weighted by Crippen LogP contribution is -2.51. The van der Waals surface area contributed by atoms with Crippen molar-refractivity contribution >= 4 is 28.5 Å². The first-order chi connectivity index (χ1) is 13.4. The molecule has 5 nitrogen and oxygen atoms in total. The highest BCUT2D eigenvalue weighted by Gasteiger charge is 2.36. The summed E-state index contributed by atoms with van der Waals surface area (Å²) in [5, 5.41) is 0.643. The number of aromatic amines is 1. The summed E-state index contributed by atoms with van der Waals surface area (Å²) in [6, 6.07) is 15.2. The van der Waals surface area contributed by atoms with Crippen molar-refractivity contribution in [2.24, 2.45) is 0 Å². The Morgan fingerprint density at radius 2 is 1.82 bits per heavy atom. The molecule has 0 radical (unpaired) electrons. The van der Waals surface area contributed by atoms with Gasteiger partial charge in [0.15, 0.2) is 5.60 Å². The summed E-state index contributed by atoms with van der Waals surface area (Å²) in [5.74, 6) is 2.01. The summed E-state index contributed by atoms with van der Waals surface area (Å²) in [5.41, 5.74) is 1.13. The topological polar surface area (TPSA) is 58.2 Å². The van der Waals surface area contributed by atoms with E-state index in [-0.39, 0.29) is 5.91 Å². The van der Waals surface area contributed by atoms with Crippen LogP contribution in [0.15, 0.2) is 48.5 Å². The second-order valence-corrected chi connectivity index (χ2v) is 8.21. The van der Waals surface area contributed by atoms with Gasteiger partial charge < -0.3 is 14.6 Å². The molecule has 1 aromatic heterocycles. The predicted molar refractivity (Wildman–Crippen MR) is 111 cm³/mol. The summed E-state index contributed by atoms with van der Waals surface area (Å²) in [6.07, 6.45) is 1.78. The molecule has 146 valence electrons. The lowest BCUT2D eigenvalue weighted by atomic mass is 9.94. The first kappa shape index (κ1) is 18.8. The number of aromatic nitrogens is 2. The highest BCUT2D eigenvalue weighted by Crippen LogP contribution is 2.30. The fourth-order valence-electron chi connectivity index (χ4n) is 3.74. The number of nitrogens with one attached hydrogen (secondary N) is 1. The van der Waals surface area contributed by atoms with Crippen molar-refractivity contribution in [2.45, 2.75) is 38.2 Å². The third-order valence-electron chi connectivity index (χ3n) is 5.28. The van der Waals surface area contributed by atoms with Gasteiger partial charge in [-0.1, -0.05) is 23.7 Å². The van der Waals surface area contributed by atoms with Crippen molar-refractivity contribution in [2.75, 3.05) is 13.1 Å². The maximum Gasteiger partial charge on any atom is 0.266 e. The van der Waals surface area contributed by atoms with E-state index in [0.717, 1.165) is 29.7 Å². The zero-order chi connectivity index (χ0) is 19.7. The molecule has 0 unspecified atom stereocenters. The van der Waals surface area contributed by atoms with Crippen LogP contribution in [0.4, 0.5) is 0 Å². The minimum Gasteiger partial charge on any atom is -0.478 e. The summed E-state index contributed by atoms with van der Waals surface area (Å²) in [7, 11) is 0. The number of carbonyl (C=O) groups is 1. The van der Waals surface area contributed by atoms with Gasteiger partial charge in [0.1, 0.15) is 11.6 Å². The van der Waals surface area contributed by atoms with Crippen molar-refractivity contribution in [3.8, 4) is 5.75 Å². The van der Waals surface area contributed by atoms with Crippen LogP contribution >= 0.6 is 11.6 Å². The summed E-state index contributed by atoms with van der Waals surface area (Å²) >= 11 is 5.92. The third kappa shape index (κ3) is 3.85. The Balaban J connectivity index is 1.39. The number of fused-ring (bicyclic) bond motifs is 1. The molecule has 0 spiro atoms. The molecule has 2 aromatic carbocycles. The quantitative estimate of drug-likeness (QED) is 0.689. The standard InChI is InChI=1S/C22H24ClN3O2/c1-22(2,28-17-9-7-16(23)8-10-17)21(27)26-13-11-15(12-14-26)20-24-18-5-3-4-6-19(18)25-20/h3-10,15H,11-14H2,1-2H3,(H,24,25). The Morgan fingerprint density at radius 1 is 1.14 bits per heavy atom. The minimum absolute atomic E-state index is 0.00510. The van der Waals surface area contributed by atoms with E-state index in [1.807, 2.05) is 43.0 Å². The molecule has 1 aliphatic heterocycles. The number of H-pyrrole nitrogens is 1. The van der Waals surface area contributed by atoms with Crippen LogP contribution in [0, 0.1) is 0 Å². The lowest BCUT2D eigenvalue weighted by molar-refractivity contribution is -0.146. The van der Waals surface area contributed by atoms with E-state index in [4.69, 9.17) is 21.3 Å². The van der Waals surface area contributed by atoms with Crippen LogP contribution in [0.25, 0.3) is 11.0 Å². The Kier molecular flexibility index (Phi) is 5.02. The van der Waals surface area contributed by atoms with Gasteiger partial charge in [-0.25, -0.2) is 4.98 Å². The van der Waals surface area contributed by atoms with E-state index >= 15 is 0 Å². The number of para-hydroxylation sites is 2. The number of piperidine rings is 1. The van der Waals surface area contributed by atoms with Crippen molar-refractivity contribution < 1.29 is 9.53 Å². The highest BCUT2D eigenvalue weighted by atomic mass is 35.5. The van der Waals surface area contributed by atoms with Gasteiger partial charge in [0.2, 0.25) is 0 Å². The molecule has 3 aromatic rings. The zero-order valence-corrected chi connectivity index (χ0v) is 16.9. The molecular weight excluding hydrogens is 374 g/mol. The number of amides is 1. The van der Waals surface area contributed by atoms with Crippen LogP contribution in [-0.4, -0.2) is 39.5 Å². The summed E-state index contributed by atoms with van der Waals surface area (Å²) < 4.78 is 5.95. The smallest absolute Gasteiger partial charge is 0.266 e. The van der Waals surface area contributed by atoms with E-state index in [1.54, 1.807) is 24.3 Å². The average Bonchev–Trinajstić information content (AvgIpc) is 3.13. The molecule has 1 aliphatic rings. The molecule has 0 atom stereocenters. The van der Waals surface area contributed by atoms with Crippen molar-refractivity contribution in [1.82, 2.24) is 14.9 Å². The Morgan fingerprint density at radius 3 is 2.50 bits per heavy atom. The second kappa shape index (κ2) is 7.47. The Bertz CT molecular complexity index is 940. The molecule has 1 amide bonds. The average molecular weight is 398 g/mol. The number of nitrogens with zero attached hydrogens (tertiary/aromatic N) is 2. The summed E-state index contributed by atoms with van der Waals surface area (Å²) in [6.45, 7) is 5.03. The number of benzene rings is 2. The number of rotatable bonds is 4. The predicted octanol–water partition coefficient (Wildman–Crippen LogP) is 4.78. The highest BCUT2D eigenvalue weighted by molar-refractivity contribution is 6.30. The van der Waals surface area contributed by atoms with Gasteiger partial charge >= 0.3 is 0 Å². The van der Waals surface area contributed by atoms with Crippen LogP contribution in [0.5, 0.6) is 5.75 Å². The first-order valence-electron chi connectivity index (χ1n) is 9.61. The van der Waals surface area contributed by atoms with Crippen molar-refractivity contribution in [3.63, 3.8) is 0 Å². The largest absolute Gasteiger partial charge is 0.478 e. The summed E-state index contributed by atoms with van der Waals surface area (Å²) in [4.78, 5) is 23.1. The number of imidazole rings is 1. The van der Waals surface area contributed by atoms with Crippen LogP contribution in [0.3, 0.4) is 0 Å². The van der Waals surface area contributed by atoms with Gasteiger partial charge in [0, 0.05) is 24.0 Å². The molecule has 1 N–H and O–H groups in total. The van der Waals surface area contributed by atoms with E-state index < -0.39 is 5.60 Å². The zero-order valence-electron chi connectivity index (χ0n) is 16.1. The van der Waals surface area contributed by atoms with Crippen LogP contribution in [0.2, 0.25) is 5.02 Å². The minimum atomic E-state index is -0.931. The molecule has 6 heteroatoms. The maximum absolute atomic E-state index is 13.0. The molecule has 28 heavy (non-hydrogen) atoms. The van der Waals surface area contributed by atoms with Crippen molar-refractivity contribution in [1.29, 1.82) is 0 Å². The second-order valence-electron chi connectivity index (χ2n) is 7.77. The van der Waals surface area contributed by atoms with Gasteiger partial charge in [-0.3, -0.25) is 4.79 Å². The van der Waals surface area contributed by atoms with E-state index in [9.17, 15) is 4.79 Å². The van der Waals surface area contributed by atoms with E-state index in [1.165, 1.54) is 0 Å².